The molecule has 42 heavy (non-hydrogen) atoms. The normalized spacial score (nSPS) is 11.3. The van der Waals surface area contributed by atoms with Gasteiger partial charge in [0.05, 0.1) is 5.69 Å². The van der Waals surface area contributed by atoms with E-state index < -0.39 is 52.0 Å². The number of ketones is 1. The van der Waals surface area contributed by atoms with Gasteiger partial charge in [-0.05, 0) is 6.92 Å². The van der Waals surface area contributed by atoms with Gasteiger partial charge in [0, 0.05) is 36.0 Å². The summed E-state index contributed by atoms with van der Waals surface area (Å²) < 4.78 is 29.2. The van der Waals surface area contributed by atoms with E-state index in [2.05, 4.69) is 14.7 Å². The lowest BCUT2D eigenvalue weighted by Crippen LogP contribution is -2.44. The molecule has 4 aromatic rings. The molecular formula is C27H25N5O8S2. The van der Waals surface area contributed by atoms with Gasteiger partial charge in [0.25, 0.3) is 15.6 Å². The summed E-state index contributed by atoms with van der Waals surface area (Å²) in [7, 11) is -4.29. The third-order valence-electron chi connectivity index (χ3n) is 5.97. The minimum Gasteiger partial charge on any atom is -0.480 e. The predicted molar refractivity (Wildman–Crippen MR) is 153 cm³/mol. The van der Waals surface area contributed by atoms with E-state index in [1.54, 1.807) is 60.7 Å². The van der Waals surface area contributed by atoms with Gasteiger partial charge in [-0.15, -0.1) is 0 Å². The molecule has 2 aromatic heterocycles. The summed E-state index contributed by atoms with van der Waals surface area (Å²) in [5.41, 5.74) is -0.210. The molecule has 0 aliphatic heterocycles. The second-order valence-corrected chi connectivity index (χ2v) is 12.0. The lowest BCUT2D eigenvalue weighted by Gasteiger charge is -2.21. The highest BCUT2D eigenvalue weighted by molar-refractivity contribution is 7.91. The maximum atomic E-state index is 13.3. The Bertz CT molecular complexity index is 1850. The van der Waals surface area contributed by atoms with Crippen molar-refractivity contribution in [1.29, 1.82) is 0 Å². The quantitative estimate of drug-likeness (QED) is 0.197. The number of rotatable bonds is 12. The fourth-order valence-corrected chi connectivity index (χ4v) is 6.24. The van der Waals surface area contributed by atoms with Crippen molar-refractivity contribution in [3.63, 3.8) is 0 Å². The first-order chi connectivity index (χ1) is 20.0. The summed E-state index contributed by atoms with van der Waals surface area (Å²) >= 11 is 0.693. The predicted octanol–water partition coefficient (Wildman–Crippen LogP) is 1.09. The second-order valence-electron chi connectivity index (χ2n) is 9.02. The molecular weight excluding hydrogens is 586 g/mol. The Morgan fingerprint density at radius 2 is 1.69 bits per heavy atom. The number of carbonyl (C=O) groups excluding carboxylic acids is 2. The van der Waals surface area contributed by atoms with Crippen LogP contribution in [0, 0.1) is 6.92 Å². The number of thiazole rings is 1. The van der Waals surface area contributed by atoms with Gasteiger partial charge < -0.3 is 10.0 Å². The first-order valence-corrected chi connectivity index (χ1v) is 14.7. The number of aryl methyl sites for hydroxylation is 1. The van der Waals surface area contributed by atoms with Gasteiger partial charge in [0.2, 0.25) is 16.0 Å². The number of nitrogens with zero attached hydrogens (tertiary/aromatic N) is 3. The van der Waals surface area contributed by atoms with Crippen LogP contribution in [-0.2, 0) is 26.2 Å². The molecule has 0 fully saturated rings. The third-order valence-corrected chi connectivity index (χ3v) is 8.87. The van der Waals surface area contributed by atoms with E-state index in [1.165, 1.54) is 13.1 Å². The number of hydrogen-bond acceptors (Lipinski definition) is 9. The van der Waals surface area contributed by atoms with Crippen LogP contribution in [0.5, 0.6) is 0 Å². The van der Waals surface area contributed by atoms with Crippen LogP contribution >= 0.6 is 11.3 Å². The molecule has 0 bridgehead atoms. The van der Waals surface area contributed by atoms with E-state index in [0.29, 0.717) is 22.5 Å². The molecule has 0 spiro atoms. The Morgan fingerprint density at radius 3 is 2.33 bits per heavy atom. The molecule has 13 nitrogen and oxygen atoms in total. The summed E-state index contributed by atoms with van der Waals surface area (Å²) in [5.74, 6) is -2.55. The number of sulfonamides is 1. The lowest BCUT2D eigenvalue weighted by molar-refractivity contribution is -0.144. The molecule has 1 amide bonds. The third kappa shape index (κ3) is 7.12. The van der Waals surface area contributed by atoms with Crippen LogP contribution in [0.1, 0.15) is 20.8 Å². The minimum atomic E-state index is -4.29. The fraction of sp³-hybridized carbons (Fsp3) is 0.185. The van der Waals surface area contributed by atoms with Crippen LogP contribution in [0.4, 0.5) is 0 Å². The number of aromatic nitrogens is 3. The summed E-state index contributed by atoms with van der Waals surface area (Å²) in [6, 6.07) is 17.0. The van der Waals surface area contributed by atoms with E-state index in [1.807, 2.05) is 0 Å². The topological polar surface area (TPSA) is 189 Å². The largest absolute Gasteiger partial charge is 0.480 e. The molecule has 4 rings (SSSR count). The SMILES string of the molecule is Cc1cn(CC(=O)N(CCNS(=O)(=O)c2nc(-c3ccccc3)c(C(=O)c3ccccc3)s2)CC(=O)O)c(=O)[nH]c1=O. The number of aromatic amines is 1. The van der Waals surface area contributed by atoms with E-state index in [-0.39, 0.29) is 33.6 Å². The van der Waals surface area contributed by atoms with E-state index in [9.17, 15) is 37.5 Å². The van der Waals surface area contributed by atoms with Crippen molar-refractivity contribution in [3.8, 4) is 11.3 Å². The first kappa shape index (κ1) is 30.2. The Balaban J connectivity index is 1.54. The zero-order valence-corrected chi connectivity index (χ0v) is 23.8. The van der Waals surface area contributed by atoms with Crippen molar-refractivity contribution in [1.82, 2.24) is 24.2 Å². The second kappa shape index (κ2) is 12.8. The zero-order valence-electron chi connectivity index (χ0n) is 22.1. The van der Waals surface area contributed by atoms with Crippen LogP contribution < -0.4 is 16.0 Å². The molecule has 0 aliphatic carbocycles. The number of aliphatic carboxylic acids is 1. The summed E-state index contributed by atoms with van der Waals surface area (Å²) in [5, 5.41) is 9.27. The van der Waals surface area contributed by atoms with Crippen LogP contribution in [0.3, 0.4) is 0 Å². The summed E-state index contributed by atoms with van der Waals surface area (Å²) in [6.45, 7) is -0.641. The molecule has 0 aliphatic rings. The number of hydrogen-bond donors (Lipinski definition) is 3. The highest BCUT2D eigenvalue weighted by atomic mass is 32.2. The Hall–Kier alpha value is -4.73. The molecule has 0 atom stereocenters. The van der Waals surface area contributed by atoms with Gasteiger partial charge in [-0.25, -0.2) is 22.9 Å². The molecule has 2 aromatic carbocycles. The first-order valence-electron chi connectivity index (χ1n) is 12.4. The van der Waals surface area contributed by atoms with Crippen molar-refractivity contribution in [3.05, 3.63) is 104 Å². The maximum Gasteiger partial charge on any atom is 0.328 e. The molecule has 3 N–H and O–H groups in total. The highest BCUT2D eigenvalue weighted by Gasteiger charge is 2.27. The molecule has 0 unspecified atom stereocenters. The average molecular weight is 612 g/mol. The molecule has 15 heteroatoms. The lowest BCUT2D eigenvalue weighted by atomic mass is 10.1. The van der Waals surface area contributed by atoms with Crippen molar-refractivity contribution in [2.24, 2.45) is 0 Å². The standard InChI is InChI=1S/C27H25N5O8S2/c1-17-14-32(26(38)30-25(17)37)15-20(33)31(16-21(34)35)13-12-28-42(39,40)27-29-22(18-8-4-2-5-9-18)24(41-27)23(36)19-10-6-3-7-11-19/h2-11,14,28H,12-13,15-16H2,1H3,(H,34,35)(H,30,37,38). The van der Waals surface area contributed by atoms with Crippen molar-refractivity contribution in [2.45, 2.75) is 17.8 Å². The number of benzene rings is 2. The molecule has 218 valence electrons. The number of carbonyl (C=O) groups is 3. The van der Waals surface area contributed by atoms with Crippen molar-refractivity contribution in [2.75, 3.05) is 19.6 Å². The number of nitrogens with one attached hydrogen (secondary N) is 2. The number of carboxylic acids is 1. The van der Waals surface area contributed by atoms with Crippen molar-refractivity contribution < 1.29 is 27.9 Å². The van der Waals surface area contributed by atoms with Gasteiger partial charge in [0.1, 0.15) is 18.0 Å². The minimum absolute atomic E-state index is 0.122. The monoisotopic (exact) mass is 611 g/mol. The Kier molecular flexibility index (Phi) is 9.25. The molecule has 2 heterocycles. The molecule has 0 saturated heterocycles. The van der Waals surface area contributed by atoms with E-state index in [4.69, 9.17) is 0 Å². The van der Waals surface area contributed by atoms with Crippen LogP contribution in [0.15, 0.2) is 80.8 Å². The fourth-order valence-electron chi connectivity index (χ4n) is 3.90. The number of amides is 1. The van der Waals surface area contributed by atoms with Crippen LogP contribution in [0.2, 0.25) is 0 Å². The highest BCUT2D eigenvalue weighted by Crippen LogP contribution is 2.32. The molecule has 0 radical (unpaired) electrons. The van der Waals surface area contributed by atoms with Gasteiger partial charge in [-0.3, -0.25) is 28.7 Å². The van der Waals surface area contributed by atoms with Gasteiger partial charge in [-0.2, -0.15) is 0 Å². The summed E-state index contributed by atoms with van der Waals surface area (Å²) in [6.07, 6.45) is 1.17. The van der Waals surface area contributed by atoms with E-state index in [0.717, 1.165) is 9.47 Å². The van der Waals surface area contributed by atoms with Gasteiger partial charge in [-0.1, -0.05) is 72.0 Å². The molecule has 0 saturated carbocycles. The van der Waals surface area contributed by atoms with Gasteiger partial charge in [0.15, 0.2) is 0 Å². The smallest absolute Gasteiger partial charge is 0.328 e. The van der Waals surface area contributed by atoms with Crippen LogP contribution in [0.25, 0.3) is 11.3 Å². The Morgan fingerprint density at radius 1 is 1.05 bits per heavy atom. The maximum absolute atomic E-state index is 13.3. The summed E-state index contributed by atoms with van der Waals surface area (Å²) in [4.78, 5) is 68.4. The van der Waals surface area contributed by atoms with E-state index >= 15 is 0 Å². The Labute approximate surface area is 243 Å². The van der Waals surface area contributed by atoms with Crippen LogP contribution in [-0.4, -0.2) is 70.3 Å². The zero-order chi connectivity index (χ0) is 30.4. The average Bonchev–Trinajstić information content (AvgIpc) is 3.42. The van der Waals surface area contributed by atoms with Gasteiger partial charge >= 0.3 is 11.7 Å². The number of H-pyrrole nitrogens is 1. The van der Waals surface area contributed by atoms with Crippen molar-refractivity contribution >= 4 is 39.0 Å². The number of carboxylic acid groups (broad SMARTS) is 1.